The molecule has 0 saturated heterocycles. The van der Waals surface area contributed by atoms with E-state index >= 15 is 0 Å². The Balaban J connectivity index is 2.01. The van der Waals surface area contributed by atoms with E-state index in [0.29, 0.717) is 5.56 Å². The fraction of sp³-hybridized carbons (Fsp3) is 0.538. The third-order valence-electron chi connectivity index (χ3n) is 3.51. The Morgan fingerprint density at radius 2 is 2.17 bits per heavy atom. The van der Waals surface area contributed by atoms with Gasteiger partial charge in [-0.15, -0.1) is 0 Å². The average molecular weight is 250 g/mol. The van der Waals surface area contributed by atoms with Gasteiger partial charge in [0.15, 0.2) is 0 Å². The van der Waals surface area contributed by atoms with Crippen LogP contribution in [-0.2, 0) is 0 Å². The molecule has 2 unspecified atom stereocenters. The number of aromatic amines is 1. The van der Waals surface area contributed by atoms with Crippen molar-refractivity contribution in [3.63, 3.8) is 0 Å². The van der Waals surface area contributed by atoms with Gasteiger partial charge in [-0.25, -0.2) is 0 Å². The summed E-state index contributed by atoms with van der Waals surface area (Å²) >= 11 is 0. The molecular weight excluding hydrogens is 232 g/mol. The number of amides is 1. The summed E-state index contributed by atoms with van der Waals surface area (Å²) in [6.07, 6.45) is 5.45. The Bertz CT molecular complexity index is 449. The van der Waals surface area contributed by atoms with E-state index in [1.807, 2.05) is 0 Å². The van der Waals surface area contributed by atoms with Crippen LogP contribution in [0.5, 0.6) is 0 Å². The summed E-state index contributed by atoms with van der Waals surface area (Å²) in [5.74, 6) is -0.0536. The van der Waals surface area contributed by atoms with Crippen molar-refractivity contribution in [1.82, 2.24) is 10.3 Å². The van der Waals surface area contributed by atoms with E-state index in [-0.39, 0.29) is 30.0 Å². The van der Waals surface area contributed by atoms with Gasteiger partial charge >= 0.3 is 0 Å². The van der Waals surface area contributed by atoms with Gasteiger partial charge in [0.1, 0.15) is 0 Å². The van der Waals surface area contributed by atoms with Crippen molar-refractivity contribution in [2.24, 2.45) is 5.92 Å². The molecule has 1 amide bonds. The third-order valence-corrected chi connectivity index (χ3v) is 3.51. The van der Waals surface area contributed by atoms with Crippen LogP contribution < -0.4 is 10.9 Å². The first-order valence-corrected chi connectivity index (χ1v) is 6.31. The van der Waals surface area contributed by atoms with Crippen LogP contribution in [0.1, 0.15) is 36.0 Å². The van der Waals surface area contributed by atoms with Crippen molar-refractivity contribution >= 4 is 5.91 Å². The molecule has 1 aromatic rings. The number of rotatable bonds is 3. The maximum absolute atomic E-state index is 12.0. The van der Waals surface area contributed by atoms with Crippen molar-refractivity contribution in [2.75, 3.05) is 6.61 Å². The molecule has 0 spiro atoms. The molecule has 5 heteroatoms. The predicted octanol–water partition coefficient (Wildman–Crippen LogP) is 0.656. The number of aromatic nitrogens is 1. The van der Waals surface area contributed by atoms with Gasteiger partial charge in [0, 0.05) is 30.8 Å². The van der Waals surface area contributed by atoms with Gasteiger partial charge in [0.05, 0.1) is 5.56 Å². The minimum atomic E-state index is -0.225. The molecule has 0 aliphatic heterocycles. The zero-order valence-corrected chi connectivity index (χ0v) is 10.2. The summed E-state index contributed by atoms with van der Waals surface area (Å²) in [4.78, 5) is 25.4. The van der Waals surface area contributed by atoms with Crippen molar-refractivity contribution in [3.05, 3.63) is 34.2 Å². The number of carbonyl (C=O) groups is 1. The van der Waals surface area contributed by atoms with Gasteiger partial charge in [-0.05, 0) is 18.9 Å². The predicted molar refractivity (Wildman–Crippen MR) is 67.4 cm³/mol. The zero-order chi connectivity index (χ0) is 13.0. The van der Waals surface area contributed by atoms with E-state index in [4.69, 9.17) is 0 Å². The van der Waals surface area contributed by atoms with Gasteiger partial charge < -0.3 is 15.4 Å². The van der Waals surface area contributed by atoms with E-state index in [1.165, 1.54) is 18.3 Å². The van der Waals surface area contributed by atoms with E-state index in [2.05, 4.69) is 10.3 Å². The number of nitrogens with one attached hydrogen (secondary N) is 2. The van der Waals surface area contributed by atoms with Crippen molar-refractivity contribution < 1.29 is 9.90 Å². The van der Waals surface area contributed by atoms with Gasteiger partial charge in [0.2, 0.25) is 5.56 Å². The maximum atomic E-state index is 12.0. The number of aliphatic hydroxyl groups is 1. The van der Waals surface area contributed by atoms with Crippen LogP contribution in [0.3, 0.4) is 0 Å². The van der Waals surface area contributed by atoms with Crippen molar-refractivity contribution in [3.8, 4) is 0 Å². The number of hydrogen-bond acceptors (Lipinski definition) is 3. The second kappa shape index (κ2) is 5.82. The Labute approximate surface area is 105 Å². The SMILES string of the molecule is O=C(NC1CCCCC1CO)c1ccc(=O)[nH]c1. The molecule has 1 saturated carbocycles. The number of H-pyrrole nitrogens is 1. The summed E-state index contributed by atoms with van der Waals surface area (Å²) in [6.45, 7) is 0.108. The lowest BCUT2D eigenvalue weighted by Crippen LogP contribution is -2.43. The fourth-order valence-electron chi connectivity index (χ4n) is 2.42. The first kappa shape index (κ1) is 12.8. The number of carbonyl (C=O) groups excluding carboxylic acids is 1. The van der Waals surface area contributed by atoms with Crippen molar-refractivity contribution in [1.29, 1.82) is 0 Å². The van der Waals surface area contributed by atoms with Crippen LogP contribution in [0.4, 0.5) is 0 Å². The van der Waals surface area contributed by atoms with Crippen molar-refractivity contribution in [2.45, 2.75) is 31.7 Å². The summed E-state index contributed by atoms with van der Waals surface area (Å²) < 4.78 is 0. The minimum Gasteiger partial charge on any atom is -0.396 e. The summed E-state index contributed by atoms with van der Waals surface area (Å²) in [5, 5.41) is 12.2. The van der Waals surface area contributed by atoms with Crippen LogP contribution in [0.25, 0.3) is 0 Å². The lowest BCUT2D eigenvalue weighted by molar-refractivity contribution is 0.0872. The summed E-state index contributed by atoms with van der Waals surface area (Å²) in [6, 6.07) is 2.87. The summed E-state index contributed by atoms with van der Waals surface area (Å²) in [7, 11) is 0. The molecule has 1 aliphatic rings. The quantitative estimate of drug-likeness (QED) is 0.737. The lowest BCUT2D eigenvalue weighted by Gasteiger charge is -2.30. The Hall–Kier alpha value is -1.62. The standard InChI is InChI=1S/C13H18N2O3/c16-8-10-3-1-2-4-11(10)15-13(18)9-5-6-12(17)14-7-9/h5-7,10-11,16H,1-4,8H2,(H,14,17)(H,15,18). The maximum Gasteiger partial charge on any atom is 0.252 e. The number of hydrogen-bond donors (Lipinski definition) is 3. The molecule has 98 valence electrons. The molecule has 1 heterocycles. The third kappa shape index (κ3) is 2.98. The number of aliphatic hydroxyl groups excluding tert-OH is 1. The molecule has 2 rings (SSSR count). The second-order valence-electron chi connectivity index (χ2n) is 4.75. The second-order valence-corrected chi connectivity index (χ2v) is 4.75. The van der Waals surface area contributed by atoms with Gasteiger partial charge in [-0.3, -0.25) is 9.59 Å². The molecule has 0 radical (unpaired) electrons. The highest BCUT2D eigenvalue weighted by Crippen LogP contribution is 2.24. The molecule has 1 fully saturated rings. The van der Waals surface area contributed by atoms with E-state index in [9.17, 15) is 14.7 Å². The highest BCUT2D eigenvalue weighted by Gasteiger charge is 2.26. The minimum absolute atomic E-state index is 0.0307. The largest absolute Gasteiger partial charge is 0.396 e. The molecule has 5 nitrogen and oxygen atoms in total. The molecule has 0 bridgehead atoms. The highest BCUT2D eigenvalue weighted by atomic mass is 16.3. The highest BCUT2D eigenvalue weighted by molar-refractivity contribution is 5.94. The van der Waals surface area contributed by atoms with Gasteiger partial charge in [0.25, 0.3) is 5.91 Å². The van der Waals surface area contributed by atoms with Crippen LogP contribution in [0.15, 0.2) is 23.1 Å². The van der Waals surface area contributed by atoms with Crippen LogP contribution in [0, 0.1) is 5.92 Å². The van der Waals surface area contributed by atoms with E-state index in [0.717, 1.165) is 25.7 Å². The lowest BCUT2D eigenvalue weighted by atomic mass is 9.85. The van der Waals surface area contributed by atoms with Crippen LogP contribution >= 0.6 is 0 Å². The average Bonchev–Trinajstić information content (AvgIpc) is 2.40. The topological polar surface area (TPSA) is 82.2 Å². The molecule has 3 N–H and O–H groups in total. The van der Waals surface area contributed by atoms with E-state index < -0.39 is 0 Å². The Kier molecular flexibility index (Phi) is 4.15. The first-order chi connectivity index (χ1) is 8.70. The number of pyridine rings is 1. The smallest absolute Gasteiger partial charge is 0.252 e. The van der Waals surface area contributed by atoms with Gasteiger partial charge in [-0.2, -0.15) is 0 Å². The molecule has 18 heavy (non-hydrogen) atoms. The summed E-state index contributed by atoms with van der Waals surface area (Å²) in [5.41, 5.74) is 0.217. The molecule has 0 aromatic carbocycles. The molecule has 1 aromatic heterocycles. The normalized spacial score (nSPS) is 23.6. The van der Waals surface area contributed by atoms with E-state index in [1.54, 1.807) is 0 Å². The first-order valence-electron chi connectivity index (χ1n) is 6.31. The van der Waals surface area contributed by atoms with Crippen LogP contribution in [0.2, 0.25) is 0 Å². The monoisotopic (exact) mass is 250 g/mol. The Morgan fingerprint density at radius 1 is 1.39 bits per heavy atom. The van der Waals surface area contributed by atoms with Gasteiger partial charge in [-0.1, -0.05) is 12.8 Å². The molecule has 1 aliphatic carbocycles. The Morgan fingerprint density at radius 3 is 2.83 bits per heavy atom. The molecule has 2 atom stereocenters. The van der Waals surface area contributed by atoms with Crippen LogP contribution in [-0.4, -0.2) is 28.6 Å². The zero-order valence-electron chi connectivity index (χ0n) is 10.2. The fourth-order valence-corrected chi connectivity index (χ4v) is 2.42. The molecular formula is C13H18N2O3.